The molecule has 3 N–H and O–H groups in total. The molecule has 6 nitrogen and oxygen atoms in total. The minimum atomic E-state index is -0.797. The minimum Gasteiger partial charge on any atom is -0.396 e. The first-order chi connectivity index (χ1) is 15.0. The molecule has 0 aliphatic carbocycles. The molecule has 1 aromatic carbocycles. The number of aromatic nitrogens is 1. The normalized spacial score (nSPS) is 19.3. The van der Waals surface area contributed by atoms with Crippen LogP contribution in [0, 0.1) is 5.82 Å². The highest BCUT2D eigenvalue weighted by Crippen LogP contribution is 2.34. The van der Waals surface area contributed by atoms with Crippen LogP contribution in [0.5, 0.6) is 0 Å². The third-order valence-corrected chi connectivity index (χ3v) is 6.73. The topological polar surface area (TPSA) is 74.5 Å². The number of anilines is 3. The quantitative estimate of drug-likeness (QED) is 0.664. The Morgan fingerprint density at radius 1 is 1.29 bits per heavy atom. The summed E-state index contributed by atoms with van der Waals surface area (Å²) >= 11 is 1.40. The lowest BCUT2D eigenvalue weighted by Gasteiger charge is -2.30. The molecule has 0 radical (unpaired) electrons. The maximum atomic E-state index is 14.5. The molecule has 0 saturated carbocycles. The standard InChI is InChI=1S/C22H25F2N5OS/c1-26-17-8-10-29(18-4-2-3-16(25)20(18)24)22(30)21(17)31-13-14-5-6-19(27-11-14)28-9-7-15(23)12-28/h2-6,11,15,26H,7-10,12-13,25H2,1H3. The van der Waals surface area contributed by atoms with Crippen molar-refractivity contribution in [2.24, 2.45) is 0 Å². The molecule has 2 aliphatic heterocycles. The van der Waals surface area contributed by atoms with Crippen LogP contribution in [0.1, 0.15) is 18.4 Å². The molecule has 0 bridgehead atoms. The molecule has 1 saturated heterocycles. The minimum absolute atomic E-state index is 0.0196. The molecule has 9 heteroatoms. The third kappa shape index (κ3) is 4.46. The van der Waals surface area contributed by atoms with Gasteiger partial charge in [-0.2, -0.15) is 0 Å². The van der Waals surface area contributed by atoms with Crippen molar-refractivity contribution in [1.82, 2.24) is 10.3 Å². The van der Waals surface area contributed by atoms with Gasteiger partial charge in [0.2, 0.25) is 0 Å². The van der Waals surface area contributed by atoms with E-state index in [0.717, 1.165) is 17.1 Å². The fourth-order valence-corrected chi connectivity index (χ4v) is 4.92. The Hall–Kier alpha value is -2.81. The van der Waals surface area contributed by atoms with Crippen molar-refractivity contribution < 1.29 is 13.6 Å². The van der Waals surface area contributed by atoms with Crippen LogP contribution in [0.2, 0.25) is 0 Å². The van der Waals surface area contributed by atoms with Gasteiger partial charge >= 0.3 is 0 Å². The second-order valence-corrected chi connectivity index (χ2v) is 8.58. The van der Waals surface area contributed by atoms with Crippen LogP contribution in [-0.2, 0) is 10.5 Å². The number of hydrogen-bond donors (Lipinski definition) is 2. The number of benzene rings is 1. The summed E-state index contributed by atoms with van der Waals surface area (Å²) in [6.45, 7) is 1.43. The van der Waals surface area contributed by atoms with Crippen molar-refractivity contribution in [2.75, 3.05) is 42.2 Å². The Bertz CT molecular complexity index is 998. The molecule has 0 spiro atoms. The highest BCUT2D eigenvalue weighted by molar-refractivity contribution is 8.03. The molecule has 1 amide bonds. The van der Waals surface area contributed by atoms with Crippen molar-refractivity contribution in [3.05, 3.63) is 58.5 Å². The monoisotopic (exact) mass is 445 g/mol. The molecular formula is C22H25F2N5OS. The van der Waals surface area contributed by atoms with Crippen LogP contribution in [0.3, 0.4) is 0 Å². The average Bonchev–Trinajstić information content (AvgIpc) is 3.21. The van der Waals surface area contributed by atoms with Crippen molar-refractivity contribution in [3.63, 3.8) is 0 Å². The molecule has 2 aromatic rings. The zero-order valence-corrected chi connectivity index (χ0v) is 18.1. The van der Waals surface area contributed by atoms with Gasteiger partial charge in [0.15, 0.2) is 5.82 Å². The first kappa shape index (κ1) is 21.4. The van der Waals surface area contributed by atoms with E-state index in [1.165, 1.54) is 22.7 Å². The number of nitrogens with two attached hydrogens (primary N) is 1. The summed E-state index contributed by atoms with van der Waals surface area (Å²) in [7, 11) is 1.78. The highest BCUT2D eigenvalue weighted by atomic mass is 32.2. The molecule has 1 unspecified atom stereocenters. The second kappa shape index (κ2) is 9.13. The molecule has 1 fully saturated rings. The van der Waals surface area contributed by atoms with Crippen molar-refractivity contribution in [3.8, 4) is 0 Å². The van der Waals surface area contributed by atoms with Crippen LogP contribution in [-0.4, -0.2) is 43.7 Å². The van der Waals surface area contributed by atoms with Gasteiger partial charge in [0.05, 0.1) is 22.8 Å². The first-order valence-corrected chi connectivity index (χ1v) is 11.2. The van der Waals surface area contributed by atoms with Gasteiger partial charge in [0.25, 0.3) is 5.91 Å². The number of amides is 1. The van der Waals surface area contributed by atoms with E-state index >= 15 is 0 Å². The SMILES string of the molecule is CNC1=C(SCc2ccc(N3CCC(F)C3)nc2)C(=O)N(c2cccc(N)c2F)CC1. The zero-order valence-electron chi connectivity index (χ0n) is 17.3. The van der Waals surface area contributed by atoms with Gasteiger partial charge < -0.3 is 20.9 Å². The Morgan fingerprint density at radius 3 is 2.81 bits per heavy atom. The van der Waals surface area contributed by atoms with Gasteiger partial charge in [-0.1, -0.05) is 12.1 Å². The Kier molecular flexibility index (Phi) is 6.31. The molecule has 2 aliphatic rings. The largest absolute Gasteiger partial charge is 0.396 e. The lowest BCUT2D eigenvalue weighted by Crippen LogP contribution is -2.39. The number of rotatable bonds is 6. The van der Waals surface area contributed by atoms with Gasteiger partial charge in [0, 0.05) is 44.2 Å². The molecule has 1 atom stereocenters. The number of carbonyl (C=O) groups excluding carboxylic acids is 1. The first-order valence-electron chi connectivity index (χ1n) is 10.2. The summed E-state index contributed by atoms with van der Waals surface area (Å²) < 4.78 is 27.9. The van der Waals surface area contributed by atoms with E-state index in [4.69, 9.17) is 5.73 Å². The second-order valence-electron chi connectivity index (χ2n) is 7.59. The van der Waals surface area contributed by atoms with E-state index in [9.17, 15) is 13.6 Å². The molecule has 3 heterocycles. The van der Waals surface area contributed by atoms with Crippen LogP contribution in [0.4, 0.5) is 26.0 Å². The number of halogens is 2. The van der Waals surface area contributed by atoms with Crippen LogP contribution in [0.25, 0.3) is 0 Å². The van der Waals surface area contributed by atoms with Crippen LogP contribution in [0.15, 0.2) is 47.1 Å². The number of carbonyl (C=O) groups is 1. The van der Waals surface area contributed by atoms with Gasteiger partial charge in [-0.25, -0.2) is 13.8 Å². The Labute approximate surface area is 184 Å². The molecule has 164 valence electrons. The molecule has 31 heavy (non-hydrogen) atoms. The van der Waals surface area contributed by atoms with Crippen LogP contribution >= 0.6 is 11.8 Å². The van der Waals surface area contributed by atoms with Gasteiger partial charge in [0.1, 0.15) is 12.0 Å². The van der Waals surface area contributed by atoms with Gasteiger partial charge in [-0.05, 0) is 30.2 Å². The number of thioether (sulfide) groups is 1. The number of nitrogen functional groups attached to an aromatic ring is 1. The van der Waals surface area contributed by atoms with E-state index in [-0.39, 0.29) is 17.3 Å². The van der Waals surface area contributed by atoms with E-state index in [1.54, 1.807) is 25.4 Å². The smallest absolute Gasteiger partial charge is 0.266 e. The van der Waals surface area contributed by atoms with Crippen molar-refractivity contribution in [1.29, 1.82) is 0 Å². The number of nitrogens with zero attached hydrogens (tertiary/aromatic N) is 3. The summed E-state index contributed by atoms with van der Waals surface area (Å²) in [4.78, 5) is 21.6. The fraction of sp³-hybridized carbons (Fsp3) is 0.364. The fourth-order valence-electron chi connectivity index (χ4n) is 3.82. The molecule has 4 rings (SSSR count). The van der Waals surface area contributed by atoms with Crippen molar-refractivity contribution >= 4 is 34.9 Å². The van der Waals surface area contributed by atoms with E-state index in [1.807, 2.05) is 17.0 Å². The highest BCUT2D eigenvalue weighted by Gasteiger charge is 2.30. The van der Waals surface area contributed by atoms with E-state index in [2.05, 4.69) is 10.3 Å². The Balaban J connectivity index is 1.47. The molecular weight excluding hydrogens is 420 g/mol. The average molecular weight is 446 g/mol. The summed E-state index contributed by atoms with van der Waals surface area (Å²) in [6, 6.07) is 8.52. The summed E-state index contributed by atoms with van der Waals surface area (Å²) in [6.07, 6.45) is 2.09. The predicted octanol–water partition coefficient (Wildman–Crippen LogP) is 3.45. The zero-order chi connectivity index (χ0) is 22.0. The third-order valence-electron chi connectivity index (χ3n) is 5.55. The van der Waals surface area contributed by atoms with Crippen LogP contribution < -0.4 is 20.9 Å². The lowest BCUT2D eigenvalue weighted by molar-refractivity contribution is -0.114. The maximum Gasteiger partial charge on any atom is 0.266 e. The number of pyridine rings is 1. The van der Waals surface area contributed by atoms with Crippen molar-refractivity contribution in [2.45, 2.75) is 24.8 Å². The summed E-state index contributed by atoms with van der Waals surface area (Å²) in [5.74, 6) is 0.477. The van der Waals surface area contributed by atoms with Gasteiger partial charge in [-0.15, -0.1) is 11.8 Å². The molecule has 1 aromatic heterocycles. The maximum absolute atomic E-state index is 14.5. The summed E-state index contributed by atoms with van der Waals surface area (Å²) in [5.41, 5.74) is 7.69. The lowest BCUT2D eigenvalue weighted by atomic mass is 10.1. The summed E-state index contributed by atoms with van der Waals surface area (Å²) in [5, 5.41) is 3.10. The Morgan fingerprint density at radius 2 is 2.13 bits per heavy atom. The predicted molar refractivity (Wildman–Crippen MR) is 121 cm³/mol. The number of hydrogen-bond acceptors (Lipinski definition) is 6. The van der Waals surface area contributed by atoms with E-state index < -0.39 is 12.0 Å². The van der Waals surface area contributed by atoms with E-state index in [0.29, 0.717) is 43.1 Å². The van der Waals surface area contributed by atoms with Gasteiger partial charge in [-0.3, -0.25) is 4.79 Å². The number of alkyl halides is 1. The number of nitrogens with one attached hydrogen (secondary N) is 1.